The third-order valence-electron chi connectivity index (χ3n) is 1.17. The minimum atomic E-state index is -3.41. The average Bonchev–Trinajstić information content (AvgIpc) is 2.08. The van der Waals surface area contributed by atoms with Gasteiger partial charge in [0.2, 0.25) is 6.10 Å². The van der Waals surface area contributed by atoms with Crippen LogP contribution >= 0.6 is 0 Å². The highest BCUT2D eigenvalue weighted by Gasteiger charge is 2.50. The van der Waals surface area contributed by atoms with Crippen LogP contribution in [0.2, 0.25) is 0 Å². The van der Waals surface area contributed by atoms with Crippen LogP contribution < -0.4 is 0 Å². The molecule has 0 spiro atoms. The van der Waals surface area contributed by atoms with Crippen LogP contribution in [0.3, 0.4) is 0 Å². The SMILES string of the molecule is CC(F)(F)C1OC(=O)OC1F. The summed E-state index contributed by atoms with van der Waals surface area (Å²) in [5.41, 5.74) is 0. The summed E-state index contributed by atoms with van der Waals surface area (Å²) in [5.74, 6) is -3.41. The quantitative estimate of drug-likeness (QED) is 0.559. The number of hydrogen-bond donors (Lipinski definition) is 0. The lowest BCUT2D eigenvalue weighted by molar-refractivity contribution is -0.120. The zero-order valence-corrected chi connectivity index (χ0v) is 5.51. The van der Waals surface area contributed by atoms with Crippen molar-refractivity contribution < 1.29 is 27.4 Å². The molecule has 1 fully saturated rings. The number of carbonyl (C=O) groups is 1. The van der Waals surface area contributed by atoms with Gasteiger partial charge in [0.1, 0.15) is 0 Å². The van der Waals surface area contributed by atoms with E-state index in [9.17, 15) is 18.0 Å². The summed E-state index contributed by atoms with van der Waals surface area (Å²) in [6.45, 7) is 0.451. The van der Waals surface area contributed by atoms with Crippen molar-refractivity contribution in [3.05, 3.63) is 0 Å². The minimum Gasteiger partial charge on any atom is -0.417 e. The van der Waals surface area contributed by atoms with E-state index in [1.54, 1.807) is 0 Å². The Hall–Kier alpha value is -0.940. The van der Waals surface area contributed by atoms with E-state index in [1.807, 2.05) is 0 Å². The Morgan fingerprint density at radius 3 is 2.18 bits per heavy atom. The molecule has 1 aliphatic heterocycles. The van der Waals surface area contributed by atoms with Gasteiger partial charge in [-0.05, 0) is 0 Å². The Labute approximate surface area is 60.1 Å². The van der Waals surface area contributed by atoms with Gasteiger partial charge in [-0.1, -0.05) is 0 Å². The molecule has 0 bridgehead atoms. The first kappa shape index (κ1) is 8.16. The van der Waals surface area contributed by atoms with Crippen LogP contribution in [0, 0.1) is 0 Å². The summed E-state index contributed by atoms with van der Waals surface area (Å²) in [4.78, 5) is 10.1. The van der Waals surface area contributed by atoms with Crippen molar-refractivity contribution in [1.29, 1.82) is 0 Å². The number of ether oxygens (including phenoxy) is 2. The fourth-order valence-electron chi connectivity index (χ4n) is 0.672. The lowest BCUT2D eigenvalue weighted by atomic mass is 10.2. The van der Waals surface area contributed by atoms with Crippen LogP contribution in [0.15, 0.2) is 0 Å². The Morgan fingerprint density at radius 1 is 1.45 bits per heavy atom. The van der Waals surface area contributed by atoms with Gasteiger partial charge in [0.25, 0.3) is 12.3 Å². The predicted molar refractivity (Wildman–Crippen MR) is 26.9 cm³/mol. The molecule has 1 heterocycles. The molecule has 1 aliphatic rings. The minimum absolute atomic E-state index is 0.451. The molecule has 0 saturated carbocycles. The fraction of sp³-hybridized carbons (Fsp3) is 0.800. The topological polar surface area (TPSA) is 35.5 Å². The molecule has 2 atom stereocenters. The molecule has 0 aliphatic carbocycles. The van der Waals surface area contributed by atoms with E-state index in [2.05, 4.69) is 9.47 Å². The van der Waals surface area contributed by atoms with Gasteiger partial charge in [-0.25, -0.2) is 13.6 Å². The second kappa shape index (κ2) is 2.28. The van der Waals surface area contributed by atoms with Crippen LogP contribution in [0.5, 0.6) is 0 Å². The van der Waals surface area contributed by atoms with Crippen molar-refractivity contribution in [1.82, 2.24) is 0 Å². The molecular formula is C5H5F3O3. The molecule has 11 heavy (non-hydrogen) atoms. The number of rotatable bonds is 1. The summed E-state index contributed by atoms with van der Waals surface area (Å²) >= 11 is 0. The second-order valence-electron chi connectivity index (χ2n) is 2.21. The van der Waals surface area contributed by atoms with Crippen LogP contribution in [0.1, 0.15) is 6.92 Å². The van der Waals surface area contributed by atoms with Crippen molar-refractivity contribution in [3.63, 3.8) is 0 Å². The summed E-state index contributed by atoms with van der Waals surface area (Å²) in [5, 5.41) is 0. The van der Waals surface area contributed by atoms with Gasteiger partial charge in [-0.15, -0.1) is 0 Å². The number of halogens is 3. The normalized spacial score (nSPS) is 31.5. The molecular weight excluding hydrogens is 165 g/mol. The molecule has 1 rings (SSSR count). The lowest BCUT2D eigenvalue weighted by Gasteiger charge is -2.15. The average molecular weight is 170 g/mol. The number of alkyl halides is 3. The summed E-state index contributed by atoms with van der Waals surface area (Å²) in [6.07, 6.45) is -5.89. The van der Waals surface area contributed by atoms with E-state index in [-0.39, 0.29) is 0 Å². The molecule has 0 aromatic heterocycles. The monoisotopic (exact) mass is 170 g/mol. The standard InChI is InChI=1S/C5H5F3O3/c1-5(7,8)2-3(6)11-4(9)10-2/h2-3H,1H3. The van der Waals surface area contributed by atoms with Crippen LogP contribution in [0.4, 0.5) is 18.0 Å². The summed E-state index contributed by atoms with van der Waals surface area (Å²) < 4.78 is 44.3. The Bertz CT molecular complexity index is 176. The molecule has 0 aromatic rings. The van der Waals surface area contributed by atoms with Crippen LogP contribution in [0.25, 0.3) is 0 Å². The van der Waals surface area contributed by atoms with E-state index in [0.29, 0.717) is 6.92 Å². The maximum Gasteiger partial charge on any atom is 0.511 e. The Kier molecular flexibility index (Phi) is 1.69. The second-order valence-corrected chi connectivity index (χ2v) is 2.21. The van der Waals surface area contributed by atoms with Crippen molar-refractivity contribution in [2.45, 2.75) is 25.3 Å². The summed E-state index contributed by atoms with van der Waals surface area (Å²) in [6, 6.07) is 0. The van der Waals surface area contributed by atoms with Gasteiger partial charge in [-0.2, -0.15) is 4.39 Å². The Balaban J connectivity index is 2.67. The van der Waals surface area contributed by atoms with Gasteiger partial charge in [0, 0.05) is 6.92 Å². The van der Waals surface area contributed by atoms with Gasteiger partial charge in [0.15, 0.2) is 0 Å². The number of hydrogen-bond acceptors (Lipinski definition) is 3. The van der Waals surface area contributed by atoms with Gasteiger partial charge >= 0.3 is 6.16 Å². The Morgan fingerprint density at radius 2 is 2.00 bits per heavy atom. The molecule has 0 aromatic carbocycles. The number of carbonyl (C=O) groups excluding carboxylic acids is 1. The van der Waals surface area contributed by atoms with E-state index in [4.69, 9.17) is 0 Å². The van der Waals surface area contributed by atoms with Crippen molar-refractivity contribution in [3.8, 4) is 0 Å². The first-order valence-electron chi connectivity index (χ1n) is 2.80. The third kappa shape index (κ3) is 1.55. The zero-order valence-electron chi connectivity index (χ0n) is 5.51. The highest BCUT2D eigenvalue weighted by molar-refractivity contribution is 5.62. The van der Waals surface area contributed by atoms with Gasteiger partial charge < -0.3 is 9.47 Å². The van der Waals surface area contributed by atoms with Crippen molar-refractivity contribution in [2.24, 2.45) is 0 Å². The maximum absolute atomic E-state index is 12.3. The zero-order chi connectivity index (χ0) is 8.65. The molecule has 1 saturated heterocycles. The maximum atomic E-state index is 12.3. The molecule has 2 unspecified atom stereocenters. The van der Waals surface area contributed by atoms with Crippen molar-refractivity contribution >= 4 is 6.16 Å². The molecule has 0 amide bonds. The van der Waals surface area contributed by atoms with E-state index in [0.717, 1.165) is 0 Å². The van der Waals surface area contributed by atoms with E-state index >= 15 is 0 Å². The molecule has 0 radical (unpaired) electrons. The van der Waals surface area contributed by atoms with Crippen LogP contribution in [-0.2, 0) is 9.47 Å². The highest BCUT2D eigenvalue weighted by atomic mass is 19.3. The fourth-order valence-corrected chi connectivity index (χ4v) is 0.672. The predicted octanol–water partition coefficient (Wildman–Crippen LogP) is 1.47. The third-order valence-corrected chi connectivity index (χ3v) is 1.17. The smallest absolute Gasteiger partial charge is 0.417 e. The van der Waals surface area contributed by atoms with Crippen molar-refractivity contribution in [2.75, 3.05) is 0 Å². The van der Waals surface area contributed by atoms with Gasteiger partial charge in [0.05, 0.1) is 0 Å². The molecule has 64 valence electrons. The van der Waals surface area contributed by atoms with Crippen LogP contribution in [-0.4, -0.2) is 24.5 Å². The molecule has 6 heteroatoms. The molecule has 0 N–H and O–H groups in total. The summed E-state index contributed by atoms with van der Waals surface area (Å²) in [7, 11) is 0. The van der Waals surface area contributed by atoms with E-state index in [1.165, 1.54) is 0 Å². The lowest BCUT2D eigenvalue weighted by Crippen LogP contribution is -2.36. The largest absolute Gasteiger partial charge is 0.511 e. The first-order valence-corrected chi connectivity index (χ1v) is 2.80. The van der Waals surface area contributed by atoms with E-state index < -0.39 is 24.5 Å². The highest BCUT2D eigenvalue weighted by Crippen LogP contribution is 2.29. The number of cyclic esters (lactones) is 2. The molecule has 3 nitrogen and oxygen atoms in total. The first-order chi connectivity index (χ1) is 4.91. The van der Waals surface area contributed by atoms with Gasteiger partial charge in [-0.3, -0.25) is 0 Å².